The molecule has 0 spiro atoms. The highest BCUT2D eigenvalue weighted by Crippen LogP contribution is 2.16. The molecule has 1 amide bonds. The van der Waals surface area contributed by atoms with E-state index in [1.807, 2.05) is 35.2 Å². The highest BCUT2D eigenvalue weighted by molar-refractivity contribution is 5.94. The molecule has 0 aliphatic rings. The Labute approximate surface area is 128 Å². The van der Waals surface area contributed by atoms with Gasteiger partial charge < -0.3 is 5.32 Å². The van der Waals surface area contributed by atoms with Gasteiger partial charge in [0.2, 0.25) is 5.91 Å². The van der Waals surface area contributed by atoms with Crippen molar-refractivity contribution in [1.82, 2.24) is 4.90 Å². The molecule has 1 N–H and O–H groups in total. The van der Waals surface area contributed by atoms with Gasteiger partial charge in [0.15, 0.2) is 0 Å². The van der Waals surface area contributed by atoms with Crippen molar-refractivity contribution >= 4 is 11.6 Å². The summed E-state index contributed by atoms with van der Waals surface area (Å²) in [5.41, 5.74) is 0.923. The van der Waals surface area contributed by atoms with Crippen LogP contribution in [0.3, 0.4) is 0 Å². The lowest BCUT2D eigenvalue weighted by atomic mass is 10.2. The fourth-order valence-corrected chi connectivity index (χ4v) is 2.04. The third-order valence-corrected chi connectivity index (χ3v) is 3.50. The van der Waals surface area contributed by atoms with Crippen LogP contribution in [0.25, 0.3) is 0 Å². The van der Waals surface area contributed by atoms with Gasteiger partial charge in [-0.15, -0.1) is 0 Å². The van der Waals surface area contributed by atoms with Crippen LogP contribution in [-0.4, -0.2) is 23.9 Å². The summed E-state index contributed by atoms with van der Waals surface area (Å²) in [7, 11) is 1.80. The number of likely N-dealkylation sites (N-methyl/N-ethyl adjacent to an activating group) is 1. The summed E-state index contributed by atoms with van der Waals surface area (Å²) in [5, 5.41) is 2.42. The van der Waals surface area contributed by atoms with Crippen LogP contribution in [0.2, 0.25) is 0 Å². The Hall–Kier alpha value is -2.27. The molecule has 116 valence electrons. The number of carbonyl (C=O) groups excluding carboxylic acids is 1. The molecule has 5 heteroatoms. The summed E-state index contributed by atoms with van der Waals surface area (Å²) in [6, 6.07) is 12.2. The molecule has 0 aliphatic heterocycles. The van der Waals surface area contributed by atoms with E-state index in [1.54, 1.807) is 14.0 Å². The second-order valence-corrected chi connectivity index (χ2v) is 5.19. The number of halogens is 2. The normalized spacial score (nSPS) is 12.2. The third-order valence-electron chi connectivity index (χ3n) is 3.50. The Morgan fingerprint density at radius 3 is 2.55 bits per heavy atom. The molecule has 0 bridgehead atoms. The monoisotopic (exact) mass is 304 g/mol. The van der Waals surface area contributed by atoms with Crippen molar-refractivity contribution < 1.29 is 13.6 Å². The number of benzene rings is 2. The Kier molecular flexibility index (Phi) is 5.22. The van der Waals surface area contributed by atoms with E-state index >= 15 is 0 Å². The first-order valence-electron chi connectivity index (χ1n) is 6.97. The van der Waals surface area contributed by atoms with E-state index in [2.05, 4.69) is 5.32 Å². The molecule has 0 heterocycles. The van der Waals surface area contributed by atoms with Crippen LogP contribution in [0.15, 0.2) is 48.5 Å². The second-order valence-electron chi connectivity index (χ2n) is 5.19. The van der Waals surface area contributed by atoms with Gasteiger partial charge in [0, 0.05) is 12.6 Å². The van der Waals surface area contributed by atoms with Crippen LogP contribution >= 0.6 is 0 Å². The Balaban J connectivity index is 2.01. The van der Waals surface area contributed by atoms with Crippen molar-refractivity contribution in [3.8, 4) is 0 Å². The number of amides is 1. The number of anilines is 1. The van der Waals surface area contributed by atoms with E-state index in [-0.39, 0.29) is 11.6 Å². The minimum absolute atomic E-state index is 0.148. The van der Waals surface area contributed by atoms with E-state index < -0.39 is 17.7 Å². The van der Waals surface area contributed by atoms with Crippen molar-refractivity contribution in [3.63, 3.8) is 0 Å². The fraction of sp³-hybridized carbons (Fsp3) is 0.235. The highest BCUT2D eigenvalue weighted by atomic mass is 19.1. The zero-order chi connectivity index (χ0) is 16.1. The molecular formula is C17H18F2N2O. The molecule has 22 heavy (non-hydrogen) atoms. The van der Waals surface area contributed by atoms with E-state index in [0.29, 0.717) is 6.54 Å². The number of hydrogen-bond acceptors (Lipinski definition) is 2. The van der Waals surface area contributed by atoms with Crippen molar-refractivity contribution in [2.24, 2.45) is 0 Å². The average molecular weight is 304 g/mol. The van der Waals surface area contributed by atoms with Gasteiger partial charge in [0.25, 0.3) is 0 Å². The molecule has 2 aromatic carbocycles. The van der Waals surface area contributed by atoms with Crippen molar-refractivity contribution in [1.29, 1.82) is 0 Å². The third kappa shape index (κ3) is 4.11. The van der Waals surface area contributed by atoms with E-state index in [4.69, 9.17) is 0 Å². The van der Waals surface area contributed by atoms with E-state index in [1.165, 1.54) is 0 Å². The molecule has 0 saturated carbocycles. The van der Waals surface area contributed by atoms with Gasteiger partial charge in [-0.05, 0) is 31.7 Å². The van der Waals surface area contributed by atoms with Crippen LogP contribution in [-0.2, 0) is 11.3 Å². The Morgan fingerprint density at radius 1 is 1.18 bits per heavy atom. The molecule has 0 fully saturated rings. The van der Waals surface area contributed by atoms with Crippen LogP contribution < -0.4 is 5.32 Å². The topological polar surface area (TPSA) is 32.3 Å². The molecule has 0 radical (unpaired) electrons. The van der Waals surface area contributed by atoms with Crippen LogP contribution in [0, 0.1) is 11.6 Å². The minimum Gasteiger partial charge on any atom is -0.322 e. The summed E-state index contributed by atoms with van der Waals surface area (Å²) in [4.78, 5) is 14.0. The van der Waals surface area contributed by atoms with Gasteiger partial charge >= 0.3 is 0 Å². The Morgan fingerprint density at radius 2 is 1.86 bits per heavy atom. The number of carbonyl (C=O) groups is 1. The first-order valence-corrected chi connectivity index (χ1v) is 6.97. The highest BCUT2D eigenvalue weighted by Gasteiger charge is 2.19. The van der Waals surface area contributed by atoms with E-state index in [9.17, 15) is 13.6 Å². The number of nitrogens with zero attached hydrogens (tertiary/aromatic N) is 1. The van der Waals surface area contributed by atoms with Crippen LogP contribution in [0.5, 0.6) is 0 Å². The molecule has 0 aromatic heterocycles. The average Bonchev–Trinajstić information content (AvgIpc) is 2.51. The largest absolute Gasteiger partial charge is 0.322 e. The van der Waals surface area contributed by atoms with Gasteiger partial charge in [-0.2, -0.15) is 0 Å². The molecule has 0 aliphatic carbocycles. The maximum atomic E-state index is 13.5. The van der Waals surface area contributed by atoms with Crippen LogP contribution in [0.4, 0.5) is 14.5 Å². The lowest BCUT2D eigenvalue weighted by Gasteiger charge is -2.24. The van der Waals surface area contributed by atoms with Gasteiger partial charge in [-0.3, -0.25) is 9.69 Å². The summed E-state index contributed by atoms with van der Waals surface area (Å²) in [6.07, 6.45) is 0. The number of rotatable bonds is 5. The van der Waals surface area contributed by atoms with Gasteiger partial charge in [0.1, 0.15) is 11.6 Å². The van der Waals surface area contributed by atoms with Gasteiger partial charge in [-0.25, -0.2) is 8.78 Å². The van der Waals surface area contributed by atoms with Crippen molar-refractivity contribution in [2.75, 3.05) is 12.4 Å². The van der Waals surface area contributed by atoms with Crippen molar-refractivity contribution in [3.05, 3.63) is 65.7 Å². The summed E-state index contributed by atoms with van der Waals surface area (Å²) in [6.45, 7) is 2.30. The molecule has 3 nitrogen and oxygen atoms in total. The molecule has 2 rings (SSSR count). The molecule has 1 atom stereocenters. The standard InChI is InChI=1S/C17H18F2N2O/c1-12(21(2)11-13-6-4-3-5-7-13)17(22)20-16-10-14(18)8-9-15(16)19/h3-10,12H,11H2,1-2H3,(H,20,22). The Bertz CT molecular complexity index is 646. The van der Waals surface area contributed by atoms with Crippen LogP contribution in [0.1, 0.15) is 12.5 Å². The molecular weight excluding hydrogens is 286 g/mol. The predicted molar refractivity (Wildman–Crippen MR) is 82.4 cm³/mol. The maximum absolute atomic E-state index is 13.5. The molecule has 0 saturated heterocycles. The number of hydrogen-bond donors (Lipinski definition) is 1. The summed E-state index contributed by atoms with van der Waals surface area (Å²) < 4.78 is 26.7. The molecule has 1 unspecified atom stereocenters. The minimum atomic E-state index is -0.660. The zero-order valence-electron chi connectivity index (χ0n) is 12.5. The maximum Gasteiger partial charge on any atom is 0.241 e. The lowest BCUT2D eigenvalue weighted by Crippen LogP contribution is -2.39. The quantitative estimate of drug-likeness (QED) is 0.918. The summed E-state index contributed by atoms with van der Waals surface area (Å²) >= 11 is 0. The van der Waals surface area contributed by atoms with Crippen molar-refractivity contribution in [2.45, 2.75) is 19.5 Å². The first kappa shape index (κ1) is 16.1. The second kappa shape index (κ2) is 7.13. The molecule has 2 aromatic rings. The SMILES string of the molecule is CC(C(=O)Nc1cc(F)ccc1F)N(C)Cc1ccccc1. The van der Waals surface area contributed by atoms with Gasteiger partial charge in [-0.1, -0.05) is 30.3 Å². The van der Waals surface area contributed by atoms with Gasteiger partial charge in [0.05, 0.1) is 11.7 Å². The lowest BCUT2D eigenvalue weighted by molar-refractivity contribution is -0.120. The smallest absolute Gasteiger partial charge is 0.241 e. The number of nitrogens with one attached hydrogen (secondary N) is 1. The predicted octanol–water partition coefficient (Wildman–Crippen LogP) is 3.42. The zero-order valence-corrected chi connectivity index (χ0v) is 12.5. The first-order chi connectivity index (χ1) is 10.5. The van der Waals surface area contributed by atoms with E-state index in [0.717, 1.165) is 23.8 Å². The fourth-order valence-electron chi connectivity index (χ4n) is 2.04. The summed E-state index contributed by atoms with van der Waals surface area (Å²) in [5.74, 6) is -1.64.